The second-order valence-corrected chi connectivity index (χ2v) is 6.82. The Labute approximate surface area is 170 Å². The Morgan fingerprint density at radius 2 is 1.72 bits per heavy atom. The summed E-state index contributed by atoms with van der Waals surface area (Å²) < 4.78 is 5.19. The Balaban J connectivity index is 1.98. The maximum atomic E-state index is 12.4. The molecule has 4 aromatic rings. The molecule has 0 amide bonds. The van der Waals surface area contributed by atoms with Gasteiger partial charge in [0.1, 0.15) is 12.3 Å². The second-order valence-electron chi connectivity index (χ2n) is 6.82. The summed E-state index contributed by atoms with van der Waals surface area (Å²) in [6.45, 7) is 5.76. The van der Waals surface area contributed by atoms with Crippen molar-refractivity contribution in [3.05, 3.63) is 103 Å². The number of carbonyl (C=O) groups is 1. The van der Waals surface area contributed by atoms with Crippen molar-refractivity contribution in [3.63, 3.8) is 0 Å². The minimum atomic E-state index is -0.451. The Bertz CT molecular complexity index is 1200. The third-order valence-corrected chi connectivity index (χ3v) is 4.89. The standard InChI is InChI=1S/C26H21NO2/c1-3-17-29-26(28)23-16-13-18(2)25(27-23)24-21-12-8-7-11-20(21)14-15-22(24)19-9-5-4-6-10-19/h3-16H,1,17H2,2H3. The third kappa shape index (κ3) is 3.67. The van der Waals surface area contributed by atoms with Gasteiger partial charge in [-0.3, -0.25) is 0 Å². The predicted octanol–water partition coefficient (Wildman–Crippen LogP) is 6.22. The highest BCUT2D eigenvalue weighted by atomic mass is 16.5. The van der Waals surface area contributed by atoms with Crippen LogP contribution in [-0.4, -0.2) is 17.6 Å². The quantitative estimate of drug-likeness (QED) is 0.305. The molecular weight excluding hydrogens is 358 g/mol. The van der Waals surface area contributed by atoms with Crippen LogP contribution >= 0.6 is 0 Å². The summed E-state index contributed by atoms with van der Waals surface area (Å²) in [5, 5.41) is 2.23. The molecule has 0 unspecified atom stereocenters. The van der Waals surface area contributed by atoms with E-state index in [0.29, 0.717) is 5.69 Å². The number of rotatable bonds is 5. The van der Waals surface area contributed by atoms with Crippen LogP contribution in [0.15, 0.2) is 91.5 Å². The van der Waals surface area contributed by atoms with Crippen LogP contribution in [0.3, 0.4) is 0 Å². The van der Waals surface area contributed by atoms with E-state index in [4.69, 9.17) is 9.72 Å². The number of carbonyl (C=O) groups excluding carboxylic acids is 1. The lowest BCUT2D eigenvalue weighted by atomic mass is 9.90. The maximum absolute atomic E-state index is 12.4. The normalized spacial score (nSPS) is 10.7. The summed E-state index contributed by atoms with van der Waals surface area (Å²) in [7, 11) is 0. The van der Waals surface area contributed by atoms with Gasteiger partial charge in [0.15, 0.2) is 0 Å². The highest BCUT2D eigenvalue weighted by Crippen LogP contribution is 2.38. The summed E-state index contributed by atoms with van der Waals surface area (Å²) in [6, 6.07) is 26.3. The molecule has 0 aliphatic carbocycles. The SMILES string of the molecule is C=CCOC(=O)c1ccc(C)c(-c2c(-c3ccccc3)ccc3ccccc23)n1. The molecule has 1 heterocycles. The molecule has 0 saturated heterocycles. The fourth-order valence-electron chi connectivity index (χ4n) is 3.49. The van der Waals surface area contributed by atoms with Gasteiger partial charge in [-0.15, -0.1) is 0 Å². The van der Waals surface area contributed by atoms with Gasteiger partial charge in [-0.25, -0.2) is 9.78 Å². The predicted molar refractivity (Wildman–Crippen MR) is 118 cm³/mol. The number of aromatic nitrogens is 1. The van der Waals surface area contributed by atoms with Crippen LogP contribution in [-0.2, 0) is 4.74 Å². The van der Waals surface area contributed by atoms with Crippen LogP contribution in [0.25, 0.3) is 33.2 Å². The Kier molecular flexibility index (Phi) is 5.21. The van der Waals surface area contributed by atoms with Crippen molar-refractivity contribution in [1.82, 2.24) is 4.98 Å². The van der Waals surface area contributed by atoms with Crippen LogP contribution in [0.4, 0.5) is 0 Å². The molecule has 1 aromatic heterocycles. The second kappa shape index (κ2) is 8.11. The van der Waals surface area contributed by atoms with Crippen LogP contribution < -0.4 is 0 Å². The van der Waals surface area contributed by atoms with Gasteiger partial charge >= 0.3 is 5.97 Å². The van der Waals surface area contributed by atoms with E-state index < -0.39 is 5.97 Å². The Morgan fingerprint density at radius 3 is 2.52 bits per heavy atom. The topological polar surface area (TPSA) is 39.2 Å². The average Bonchev–Trinajstić information content (AvgIpc) is 2.77. The average molecular weight is 379 g/mol. The van der Waals surface area contributed by atoms with E-state index >= 15 is 0 Å². The lowest BCUT2D eigenvalue weighted by Gasteiger charge is -2.16. The molecule has 0 atom stereocenters. The maximum Gasteiger partial charge on any atom is 0.357 e. The molecule has 0 N–H and O–H groups in total. The van der Waals surface area contributed by atoms with E-state index in [2.05, 4.69) is 43.0 Å². The molecule has 0 aliphatic heterocycles. The molecule has 0 radical (unpaired) electrons. The number of hydrogen-bond donors (Lipinski definition) is 0. The minimum absolute atomic E-state index is 0.160. The monoisotopic (exact) mass is 379 g/mol. The first-order valence-corrected chi connectivity index (χ1v) is 9.52. The molecule has 0 bridgehead atoms. The van der Waals surface area contributed by atoms with Gasteiger partial charge in [-0.2, -0.15) is 0 Å². The van der Waals surface area contributed by atoms with Crippen LogP contribution in [0.5, 0.6) is 0 Å². The van der Waals surface area contributed by atoms with Crippen LogP contribution in [0.1, 0.15) is 16.1 Å². The van der Waals surface area contributed by atoms with Crippen molar-refractivity contribution >= 4 is 16.7 Å². The first-order valence-electron chi connectivity index (χ1n) is 9.52. The van der Waals surface area contributed by atoms with E-state index in [9.17, 15) is 4.79 Å². The number of nitrogens with zero attached hydrogens (tertiary/aromatic N) is 1. The van der Waals surface area contributed by atoms with Gasteiger partial charge < -0.3 is 4.74 Å². The van der Waals surface area contributed by atoms with Crippen LogP contribution in [0, 0.1) is 6.92 Å². The smallest absolute Gasteiger partial charge is 0.357 e. The fourth-order valence-corrected chi connectivity index (χ4v) is 3.49. The largest absolute Gasteiger partial charge is 0.457 e. The number of esters is 1. The van der Waals surface area contributed by atoms with Crippen molar-refractivity contribution in [2.75, 3.05) is 6.61 Å². The van der Waals surface area contributed by atoms with Gasteiger partial charge in [0.25, 0.3) is 0 Å². The van der Waals surface area contributed by atoms with Gasteiger partial charge in [-0.05, 0) is 40.5 Å². The molecular formula is C26H21NO2. The molecule has 4 rings (SSSR count). The van der Waals surface area contributed by atoms with E-state index in [1.807, 2.05) is 43.3 Å². The minimum Gasteiger partial charge on any atom is -0.457 e. The third-order valence-electron chi connectivity index (χ3n) is 4.89. The molecule has 3 heteroatoms. The number of hydrogen-bond acceptors (Lipinski definition) is 3. The van der Waals surface area contributed by atoms with Crippen molar-refractivity contribution in [2.24, 2.45) is 0 Å². The molecule has 0 saturated carbocycles. The van der Waals surface area contributed by atoms with Crippen LogP contribution in [0.2, 0.25) is 0 Å². The Hall–Kier alpha value is -3.72. The van der Waals surface area contributed by atoms with Gasteiger partial charge in [0, 0.05) is 5.56 Å². The summed E-state index contributed by atoms with van der Waals surface area (Å²) in [4.78, 5) is 17.1. The summed E-state index contributed by atoms with van der Waals surface area (Å²) >= 11 is 0. The zero-order valence-electron chi connectivity index (χ0n) is 16.3. The molecule has 0 aliphatic rings. The highest BCUT2D eigenvalue weighted by molar-refractivity contribution is 6.04. The zero-order chi connectivity index (χ0) is 20.2. The summed E-state index contributed by atoms with van der Waals surface area (Å²) in [5.74, 6) is -0.451. The number of pyridine rings is 1. The molecule has 29 heavy (non-hydrogen) atoms. The molecule has 0 fully saturated rings. The number of fused-ring (bicyclic) bond motifs is 1. The first-order chi connectivity index (χ1) is 14.2. The number of ether oxygens (including phenoxy) is 1. The van der Waals surface area contributed by atoms with Gasteiger partial charge in [0.2, 0.25) is 0 Å². The molecule has 3 aromatic carbocycles. The lowest BCUT2D eigenvalue weighted by Crippen LogP contribution is -2.08. The molecule has 3 nitrogen and oxygen atoms in total. The van der Waals surface area contributed by atoms with Crippen molar-refractivity contribution in [1.29, 1.82) is 0 Å². The van der Waals surface area contributed by atoms with Crippen molar-refractivity contribution in [3.8, 4) is 22.4 Å². The zero-order valence-corrected chi connectivity index (χ0v) is 16.3. The molecule has 142 valence electrons. The molecule has 0 spiro atoms. The van der Waals surface area contributed by atoms with Gasteiger partial charge in [0.05, 0.1) is 5.69 Å². The summed E-state index contributed by atoms with van der Waals surface area (Å²) in [6.07, 6.45) is 1.55. The van der Waals surface area contributed by atoms with Crippen molar-refractivity contribution in [2.45, 2.75) is 6.92 Å². The van der Waals surface area contributed by atoms with Gasteiger partial charge in [-0.1, -0.05) is 85.5 Å². The van der Waals surface area contributed by atoms with E-state index in [-0.39, 0.29) is 6.61 Å². The number of benzene rings is 3. The summed E-state index contributed by atoms with van der Waals surface area (Å²) in [5.41, 5.74) is 5.28. The van der Waals surface area contributed by atoms with E-state index in [1.54, 1.807) is 12.1 Å². The lowest BCUT2D eigenvalue weighted by molar-refractivity contribution is 0.0543. The number of aryl methyl sites for hydroxylation is 1. The van der Waals surface area contributed by atoms with E-state index in [1.165, 1.54) is 0 Å². The highest BCUT2D eigenvalue weighted by Gasteiger charge is 2.17. The van der Waals surface area contributed by atoms with E-state index in [0.717, 1.165) is 38.7 Å². The first kappa shape index (κ1) is 18.6. The fraction of sp³-hybridized carbons (Fsp3) is 0.0769. The Morgan fingerprint density at radius 1 is 0.966 bits per heavy atom. The van der Waals surface area contributed by atoms with Crippen molar-refractivity contribution < 1.29 is 9.53 Å².